The Kier molecular flexibility index (Phi) is 5.04. The first kappa shape index (κ1) is 16.0. The van der Waals surface area contributed by atoms with E-state index in [1.807, 2.05) is 18.5 Å². The highest BCUT2D eigenvalue weighted by molar-refractivity contribution is 5.93. The standard InChI is InChI=1S/C16H28N4O/c1-10(2)20-12(4)15(11(3)19-20)18-16(21)14-8-6-5-7-13(14)9-17/h10,13-14H,5-9,17H2,1-4H3,(H,18,21). The molecule has 0 bridgehead atoms. The molecule has 0 aromatic carbocycles. The van der Waals surface area contributed by atoms with E-state index >= 15 is 0 Å². The number of amides is 1. The molecule has 2 unspecified atom stereocenters. The second kappa shape index (κ2) is 6.60. The molecule has 0 radical (unpaired) electrons. The van der Waals surface area contributed by atoms with Gasteiger partial charge in [0.05, 0.1) is 17.1 Å². The van der Waals surface area contributed by atoms with E-state index in [0.717, 1.165) is 36.3 Å². The number of nitrogens with one attached hydrogen (secondary N) is 1. The first-order valence-electron chi connectivity index (χ1n) is 8.02. The third-order valence-corrected chi connectivity index (χ3v) is 4.61. The second-order valence-electron chi connectivity index (χ2n) is 6.46. The first-order valence-corrected chi connectivity index (χ1v) is 8.02. The Labute approximate surface area is 127 Å². The van der Waals surface area contributed by atoms with Gasteiger partial charge in [0.1, 0.15) is 0 Å². The molecule has 5 heteroatoms. The fourth-order valence-corrected chi connectivity index (χ4v) is 3.40. The molecule has 2 atom stereocenters. The zero-order valence-corrected chi connectivity index (χ0v) is 13.6. The Morgan fingerprint density at radius 2 is 2.05 bits per heavy atom. The molecular formula is C16H28N4O. The van der Waals surface area contributed by atoms with Gasteiger partial charge in [-0.25, -0.2) is 0 Å². The zero-order chi connectivity index (χ0) is 15.6. The topological polar surface area (TPSA) is 72.9 Å². The summed E-state index contributed by atoms with van der Waals surface area (Å²) in [4.78, 5) is 12.6. The zero-order valence-electron chi connectivity index (χ0n) is 13.6. The minimum absolute atomic E-state index is 0.0462. The Morgan fingerprint density at radius 3 is 2.62 bits per heavy atom. The van der Waals surface area contributed by atoms with E-state index in [2.05, 4.69) is 24.3 Å². The molecule has 1 aliphatic rings. The number of carbonyl (C=O) groups is 1. The highest BCUT2D eigenvalue weighted by atomic mass is 16.1. The van der Waals surface area contributed by atoms with Crippen LogP contribution in [0.5, 0.6) is 0 Å². The molecule has 0 saturated heterocycles. The van der Waals surface area contributed by atoms with Crippen molar-refractivity contribution in [2.24, 2.45) is 17.6 Å². The average Bonchev–Trinajstić information content (AvgIpc) is 2.75. The highest BCUT2D eigenvalue weighted by Crippen LogP contribution is 2.31. The monoisotopic (exact) mass is 292 g/mol. The minimum Gasteiger partial charge on any atom is -0.330 e. The van der Waals surface area contributed by atoms with Crippen LogP contribution in [0.1, 0.15) is 57.0 Å². The normalized spacial score (nSPS) is 22.6. The largest absolute Gasteiger partial charge is 0.330 e. The Balaban J connectivity index is 2.16. The van der Waals surface area contributed by atoms with Crippen molar-refractivity contribution in [3.8, 4) is 0 Å². The first-order chi connectivity index (χ1) is 9.95. The molecule has 1 aromatic heterocycles. The van der Waals surface area contributed by atoms with Gasteiger partial charge in [0.2, 0.25) is 5.91 Å². The Bertz CT molecular complexity index is 507. The van der Waals surface area contributed by atoms with Crippen LogP contribution in [0, 0.1) is 25.7 Å². The minimum atomic E-state index is 0.0462. The SMILES string of the molecule is Cc1nn(C(C)C)c(C)c1NC(=O)C1CCCCC1CN. The molecule has 0 aliphatic heterocycles. The third kappa shape index (κ3) is 3.28. The Morgan fingerprint density at radius 1 is 1.38 bits per heavy atom. The average molecular weight is 292 g/mol. The highest BCUT2D eigenvalue weighted by Gasteiger charge is 2.30. The molecule has 1 aromatic rings. The second-order valence-corrected chi connectivity index (χ2v) is 6.46. The van der Waals surface area contributed by atoms with Crippen molar-refractivity contribution in [3.63, 3.8) is 0 Å². The molecule has 118 valence electrons. The van der Waals surface area contributed by atoms with Crippen LogP contribution in [0.2, 0.25) is 0 Å². The predicted octanol–water partition coefficient (Wildman–Crippen LogP) is 2.78. The summed E-state index contributed by atoms with van der Waals surface area (Å²) in [5.74, 6) is 0.476. The van der Waals surface area contributed by atoms with Gasteiger partial charge >= 0.3 is 0 Å². The van der Waals surface area contributed by atoms with Gasteiger partial charge in [-0.15, -0.1) is 0 Å². The van der Waals surface area contributed by atoms with Crippen molar-refractivity contribution in [2.75, 3.05) is 11.9 Å². The lowest BCUT2D eigenvalue weighted by Gasteiger charge is -2.29. The van der Waals surface area contributed by atoms with Crippen LogP contribution < -0.4 is 11.1 Å². The number of aryl methyl sites for hydroxylation is 1. The fraction of sp³-hybridized carbons (Fsp3) is 0.750. The van der Waals surface area contributed by atoms with E-state index in [1.54, 1.807) is 0 Å². The molecule has 21 heavy (non-hydrogen) atoms. The summed E-state index contributed by atoms with van der Waals surface area (Å²) in [6.07, 6.45) is 4.33. The predicted molar refractivity (Wildman–Crippen MR) is 85.2 cm³/mol. The molecule has 1 heterocycles. The van der Waals surface area contributed by atoms with E-state index in [1.165, 1.54) is 6.42 Å². The summed E-state index contributed by atoms with van der Waals surface area (Å²) >= 11 is 0. The van der Waals surface area contributed by atoms with Crippen LogP contribution in [0.3, 0.4) is 0 Å². The summed E-state index contributed by atoms with van der Waals surface area (Å²) in [7, 11) is 0. The molecule has 1 amide bonds. The maximum Gasteiger partial charge on any atom is 0.227 e. The van der Waals surface area contributed by atoms with Crippen molar-refractivity contribution >= 4 is 11.6 Å². The van der Waals surface area contributed by atoms with Crippen LogP contribution in [0.15, 0.2) is 0 Å². The number of hydrogen-bond donors (Lipinski definition) is 2. The maximum absolute atomic E-state index is 12.6. The van der Waals surface area contributed by atoms with Gasteiger partial charge in [-0.3, -0.25) is 9.48 Å². The van der Waals surface area contributed by atoms with Gasteiger partial charge in [0, 0.05) is 12.0 Å². The van der Waals surface area contributed by atoms with Gasteiger partial charge in [-0.2, -0.15) is 5.10 Å². The number of carbonyl (C=O) groups excluding carboxylic acids is 1. The molecule has 1 saturated carbocycles. The number of anilines is 1. The number of nitrogens with two attached hydrogens (primary N) is 1. The number of hydrogen-bond acceptors (Lipinski definition) is 3. The van der Waals surface area contributed by atoms with E-state index < -0.39 is 0 Å². The molecule has 3 N–H and O–H groups in total. The molecular weight excluding hydrogens is 264 g/mol. The van der Waals surface area contributed by atoms with Gasteiger partial charge in [0.25, 0.3) is 0 Å². The van der Waals surface area contributed by atoms with E-state index in [0.29, 0.717) is 18.5 Å². The molecule has 5 nitrogen and oxygen atoms in total. The summed E-state index contributed by atoms with van der Waals surface area (Å²) < 4.78 is 1.96. The van der Waals surface area contributed by atoms with Gasteiger partial charge in [-0.05, 0) is 53.0 Å². The van der Waals surface area contributed by atoms with Crippen molar-refractivity contribution in [2.45, 2.75) is 59.4 Å². The quantitative estimate of drug-likeness (QED) is 0.896. The fourth-order valence-electron chi connectivity index (χ4n) is 3.40. The van der Waals surface area contributed by atoms with Crippen LogP contribution in [0.25, 0.3) is 0 Å². The number of aromatic nitrogens is 2. The summed E-state index contributed by atoms with van der Waals surface area (Å²) in [5.41, 5.74) is 8.61. The van der Waals surface area contributed by atoms with Gasteiger partial charge < -0.3 is 11.1 Å². The van der Waals surface area contributed by atoms with Crippen molar-refractivity contribution in [1.29, 1.82) is 0 Å². The number of nitrogens with zero attached hydrogens (tertiary/aromatic N) is 2. The van der Waals surface area contributed by atoms with Crippen LogP contribution in [-0.2, 0) is 4.79 Å². The summed E-state index contributed by atoms with van der Waals surface area (Å²) in [6.45, 7) is 8.74. The Hall–Kier alpha value is -1.36. The van der Waals surface area contributed by atoms with Crippen LogP contribution in [-0.4, -0.2) is 22.2 Å². The van der Waals surface area contributed by atoms with Crippen molar-refractivity contribution < 1.29 is 4.79 Å². The molecule has 1 aliphatic carbocycles. The lowest BCUT2D eigenvalue weighted by molar-refractivity contribution is -0.122. The summed E-state index contributed by atoms with van der Waals surface area (Å²) in [5, 5.41) is 7.63. The summed E-state index contributed by atoms with van der Waals surface area (Å²) in [6, 6.07) is 0.292. The molecule has 0 spiro atoms. The van der Waals surface area contributed by atoms with Crippen LogP contribution >= 0.6 is 0 Å². The number of rotatable bonds is 4. The van der Waals surface area contributed by atoms with E-state index in [9.17, 15) is 4.79 Å². The molecule has 1 fully saturated rings. The lowest BCUT2D eigenvalue weighted by Crippen LogP contribution is -2.35. The maximum atomic E-state index is 12.6. The van der Waals surface area contributed by atoms with Gasteiger partial charge in [-0.1, -0.05) is 12.8 Å². The van der Waals surface area contributed by atoms with Crippen molar-refractivity contribution in [1.82, 2.24) is 9.78 Å². The smallest absolute Gasteiger partial charge is 0.227 e. The van der Waals surface area contributed by atoms with E-state index in [-0.39, 0.29) is 11.8 Å². The molecule has 2 rings (SSSR count). The van der Waals surface area contributed by atoms with E-state index in [4.69, 9.17) is 5.73 Å². The van der Waals surface area contributed by atoms with Crippen molar-refractivity contribution in [3.05, 3.63) is 11.4 Å². The third-order valence-electron chi connectivity index (χ3n) is 4.61. The lowest BCUT2D eigenvalue weighted by atomic mass is 9.78. The van der Waals surface area contributed by atoms with Gasteiger partial charge in [0.15, 0.2) is 0 Å². The van der Waals surface area contributed by atoms with Crippen LogP contribution in [0.4, 0.5) is 5.69 Å².